The number of nitrogens with one attached hydrogen (secondary N) is 2. The maximum absolute atomic E-state index is 11.7. The van der Waals surface area contributed by atoms with Gasteiger partial charge in [-0.15, -0.1) is 5.10 Å². The fraction of sp³-hybridized carbons (Fsp3) is 0.471. The topological polar surface area (TPSA) is 79.9 Å². The van der Waals surface area contributed by atoms with Crippen molar-refractivity contribution in [3.8, 4) is 5.75 Å². The average Bonchev–Trinajstić information content (AvgIpc) is 3.02. The molecule has 0 unspecified atom stereocenters. The smallest absolute Gasteiger partial charge is 0.230 e. The highest BCUT2D eigenvalue weighted by Crippen LogP contribution is 2.21. The van der Waals surface area contributed by atoms with Crippen molar-refractivity contribution in [3.63, 3.8) is 0 Å². The van der Waals surface area contributed by atoms with Gasteiger partial charge in [-0.05, 0) is 43.0 Å². The minimum Gasteiger partial charge on any atom is -0.486 e. The molecule has 136 valence electrons. The molecule has 0 spiro atoms. The SMILES string of the molecule is Cc1cc(OCc2nc(SCC(=O)NCCC(C)C)n[nH]2)ccc1Cl. The molecule has 0 saturated carbocycles. The number of H-pyrrole nitrogens is 1. The van der Waals surface area contributed by atoms with Gasteiger partial charge in [0.1, 0.15) is 12.4 Å². The van der Waals surface area contributed by atoms with Crippen LogP contribution in [-0.2, 0) is 11.4 Å². The average molecular weight is 383 g/mol. The normalized spacial score (nSPS) is 10.9. The molecule has 1 heterocycles. The number of aromatic nitrogens is 3. The van der Waals surface area contributed by atoms with Crippen LogP contribution in [-0.4, -0.2) is 33.4 Å². The van der Waals surface area contributed by atoms with E-state index in [1.165, 1.54) is 11.8 Å². The van der Waals surface area contributed by atoms with E-state index in [2.05, 4.69) is 34.3 Å². The summed E-state index contributed by atoms with van der Waals surface area (Å²) >= 11 is 7.28. The highest BCUT2D eigenvalue weighted by Gasteiger charge is 2.08. The number of aromatic amines is 1. The fourth-order valence-corrected chi connectivity index (χ4v) is 2.71. The first-order valence-corrected chi connectivity index (χ1v) is 9.50. The van der Waals surface area contributed by atoms with Crippen molar-refractivity contribution in [1.29, 1.82) is 0 Å². The maximum Gasteiger partial charge on any atom is 0.230 e. The van der Waals surface area contributed by atoms with Gasteiger partial charge in [0.05, 0.1) is 5.75 Å². The molecular weight excluding hydrogens is 360 g/mol. The lowest BCUT2D eigenvalue weighted by Gasteiger charge is -2.06. The van der Waals surface area contributed by atoms with E-state index in [1.54, 1.807) is 6.07 Å². The summed E-state index contributed by atoms with van der Waals surface area (Å²) in [5.41, 5.74) is 0.955. The largest absolute Gasteiger partial charge is 0.486 e. The van der Waals surface area contributed by atoms with Gasteiger partial charge in [-0.2, -0.15) is 0 Å². The number of benzene rings is 1. The fourth-order valence-electron chi connectivity index (χ4n) is 1.95. The quantitative estimate of drug-likeness (QED) is 0.648. The van der Waals surface area contributed by atoms with Crippen LogP contribution in [0.4, 0.5) is 0 Å². The lowest BCUT2D eigenvalue weighted by atomic mass is 10.1. The summed E-state index contributed by atoms with van der Waals surface area (Å²) in [6.45, 7) is 7.15. The summed E-state index contributed by atoms with van der Waals surface area (Å²) in [5, 5.41) is 11.0. The monoisotopic (exact) mass is 382 g/mol. The zero-order chi connectivity index (χ0) is 18.2. The Morgan fingerprint density at radius 3 is 2.96 bits per heavy atom. The predicted octanol–water partition coefficient (Wildman–Crippen LogP) is 3.60. The summed E-state index contributed by atoms with van der Waals surface area (Å²) in [6, 6.07) is 5.48. The van der Waals surface area contributed by atoms with E-state index in [9.17, 15) is 4.79 Å². The summed E-state index contributed by atoms with van der Waals surface area (Å²) in [7, 11) is 0. The molecule has 8 heteroatoms. The van der Waals surface area contributed by atoms with Gasteiger partial charge in [0.25, 0.3) is 0 Å². The molecule has 1 aromatic carbocycles. The number of hydrogen-bond donors (Lipinski definition) is 2. The molecule has 2 N–H and O–H groups in total. The van der Waals surface area contributed by atoms with Crippen molar-refractivity contribution < 1.29 is 9.53 Å². The minimum absolute atomic E-state index is 0.00936. The third-order valence-electron chi connectivity index (χ3n) is 3.39. The van der Waals surface area contributed by atoms with Crippen molar-refractivity contribution in [3.05, 3.63) is 34.6 Å². The minimum atomic E-state index is -0.00936. The molecule has 0 aliphatic rings. The number of amides is 1. The summed E-state index contributed by atoms with van der Waals surface area (Å²) < 4.78 is 5.66. The Morgan fingerprint density at radius 1 is 1.44 bits per heavy atom. The molecule has 25 heavy (non-hydrogen) atoms. The first-order valence-electron chi connectivity index (χ1n) is 8.13. The first-order chi connectivity index (χ1) is 11.9. The molecule has 1 aromatic heterocycles. The van der Waals surface area contributed by atoms with Crippen LogP contribution >= 0.6 is 23.4 Å². The van der Waals surface area contributed by atoms with Crippen molar-refractivity contribution >= 4 is 29.3 Å². The van der Waals surface area contributed by atoms with E-state index in [4.69, 9.17) is 16.3 Å². The molecule has 2 rings (SSSR count). The summed E-state index contributed by atoms with van der Waals surface area (Å²) in [4.78, 5) is 16.1. The second-order valence-electron chi connectivity index (χ2n) is 6.09. The van der Waals surface area contributed by atoms with Crippen molar-refractivity contribution in [2.75, 3.05) is 12.3 Å². The zero-order valence-electron chi connectivity index (χ0n) is 14.6. The van der Waals surface area contributed by atoms with Crippen LogP contribution in [0, 0.1) is 12.8 Å². The van der Waals surface area contributed by atoms with Gasteiger partial charge in [-0.1, -0.05) is 37.2 Å². The van der Waals surface area contributed by atoms with Crippen LogP contribution in [0.15, 0.2) is 23.4 Å². The molecule has 0 aliphatic carbocycles. The molecule has 0 bridgehead atoms. The van der Waals surface area contributed by atoms with Crippen LogP contribution < -0.4 is 10.1 Å². The summed E-state index contributed by atoms with van der Waals surface area (Å²) in [5.74, 6) is 2.19. The van der Waals surface area contributed by atoms with Gasteiger partial charge in [0.2, 0.25) is 11.1 Å². The van der Waals surface area contributed by atoms with Gasteiger partial charge in [0.15, 0.2) is 5.82 Å². The number of rotatable bonds is 9. The third-order valence-corrected chi connectivity index (χ3v) is 4.66. The molecule has 0 radical (unpaired) electrons. The second-order valence-corrected chi connectivity index (χ2v) is 7.44. The Hall–Kier alpha value is -1.73. The number of hydrogen-bond acceptors (Lipinski definition) is 5. The number of ether oxygens (including phenoxy) is 1. The standard InChI is InChI=1S/C17H23ClN4O2S/c1-11(2)6-7-19-16(23)10-25-17-20-15(21-22-17)9-24-13-4-5-14(18)12(3)8-13/h4-5,8,11H,6-7,9-10H2,1-3H3,(H,19,23)(H,20,21,22). The number of aryl methyl sites for hydroxylation is 1. The van der Waals surface area contributed by atoms with Gasteiger partial charge in [0, 0.05) is 11.6 Å². The second kappa shape index (κ2) is 9.68. The number of carbonyl (C=O) groups excluding carboxylic acids is 1. The number of carbonyl (C=O) groups is 1. The molecule has 6 nitrogen and oxygen atoms in total. The number of nitrogens with zero attached hydrogens (tertiary/aromatic N) is 2. The van der Waals surface area contributed by atoms with E-state index in [-0.39, 0.29) is 12.5 Å². The number of thioether (sulfide) groups is 1. The molecule has 0 atom stereocenters. The zero-order valence-corrected chi connectivity index (χ0v) is 16.2. The van der Waals surface area contributed by atoms with Crippen LogP contribution in [0.3, 0.4) is 0 Å². The highest BCUT2D eigenvalue weighted by molar-refractivity contribution is 7.99. The van der Waals surface area contributed by atoms with Crippen molar-refractivity contribution in [1.82, 2.24) is 20.5 Å². The molecule has 2 aromatic rings. The van der Waals surface area contributed by atoms with E-state index in [0.29, 0.717) is 34.2 Å². The van der Waals surface area contributed by atoms with Crippen LogP contribution in [0.2, 0.25) is 5.02 Å². The van der Waals surface area contributed by atoms with Crippen LogP contribution in [0.5, 0.6) is 5.75 Å². The Kier molecular flexibility index (Phi) is 7.58. The lowest BCUT2D eigenvalue weighted by molar-refractivity contribution is -0.118. The van der Waals surface area contributed by atoms with E-state index in [0.717, 1.165) is 17.7 Å². The van der Waals surface area contributed by atoms with E-state index < -0.39 is 0 Å². The van der Waals surface area contributed by atoms with Gasteiger partial charge in [-0.3, -0.25) is 9.89 Å². The van der Waals surface area contributed by atoms with Gasteiger partial charge < -0.3 is 10.1 Å². The Labute approximate surface area is 157 Å². The lowest BCUT2D eigenvalue weighted by Crippen LogP contribution is -2.26. The molecular formula is C17H23ClN4O2S. The molecule has 0 aliphatic heterocycles. The number of halogens is 1. The van der Waals surface area contributed by atoms with Crippen LogP contribution in [0.25, 0.3) is 0 Å². The summed E-state index contributed by atoms with van der Waals surface area (Å²) in [6.07, 6.45) is 0.975. The predicted molar refractivity (Wildman–Crippen MR) is 100 cm³/mol. The van der Waals surface area contributed by atoms with E-state index in [1.807, 2.05) is 19.1 Å². The van der Waals surface area contributed by atoms with Gasteiger partial charge in [-0.25, -0.2) is 4.98 Å². The van der Waals surface area contributed by atoms with Crippen molar-refractivity contribution in [2.24, 2.45) is 5.92 Å². The van der Waals surface area contributed by atoms with Crippen molar-refractivity contribution in [2.45, 2.75) is 39.0 Å². The Bertz CT molecular complexity index is 706. The first kappa shape index (κ1) is 19.6. The maximum atomic E-state index is 11.7. The molecule has 1 amide bonds. The van der Waals surface area contributed by atoms with Gasteiger partial charge >= 0.3 is 0 Å². The highest BCUT2D eigenvalue weighted by atomic mass is 35.5. The Morgan fingerprint density at radius 2 is 2.24 bits per heavy atom. The molecule has 0 fully saturated rings. The molecule has 0 saturated heterocycles. The van der Waals surface area contributed by atoms with Crippen LogP contribution in [0.1, 0.15) is 31.7 Å². The van der Waals surface area contributed by atoms with E-state index >= 15 is 0 Å². The Balaban J connectivity index is 1.74. The third kappa shape index (κ3) is 6.96.